The molecule has 10 heteroatoms. The van der Waals surface area contributed by atoms with E-state index in [1.54, 1.807) is 48.5 Å². The highest BCUT2D eigenvalue weighted by molar-refractivity contribution is 6.30. The van der Waals surface area contributed by atoms with E-state index in [9.17, 15) is 14.9 Å². The van der Waals surface area contributed by atoms with Crippen LogP contribution in [0.15, 0.2) is 54.9 Å². The largest absolute Gasteiger partial charge is 0.355 e. The van der Waals surface area contributed by atoms with Crippen molar-refractivity contribution in [2.45, 2.75) is 6.92 Å². The molecule has 0 bridgehead atoms. The van der Waals surface area contributed by atoms with Crippen molar-refractivity contribution in [2.75, 3.05) is 10.7 Å². The summed E-state index contributed by atoms with van der Waals surface area (Å²) in [6.45, 7) is 1.90. The van der Waals surface area contributed by atoms with Crippen molar-refractivity contribution in [3.63, 3.8) is 0 Å². The normalized spacial score (nSPS) is 10.2. The second kappa shape index (κ2) is 8.31. The average Bonchev–Trinajstić information content (AvgIpc) is 2.66. The van der Waals surface area contributed by atoms with E-state index in [2.05, 4.69) is 26.1 Å². The maximum absolute atomic E-state index is 12.2. The number of aryl methyl sites for hydroxylation is 1. The summed E-state index contributed by atoms with van der Waals surface area (Å²) in [6, 6.07) is 13.5. The smallest absolute Gasteiger partial charge is 0.334 e. The van der Waals surface area contributed by atoms with E-state index in [1.807, 2.05) is 6.92 Å². The van der Waals surface area contributed by atoms with Gasteiger partial charge in [0.1, 0.15) is 6.33 Å². The minimum atomic E-state index is -0.646. The summed E-state index contributed by atoms with van der Waals surface area (Å²) in [5.41, 5.74) is 6.38. The quantitative estimate of drug-likeness (QED) is 0.425. The Balaban J connectivity index is 1.82. The van der Waals surface area contributed by atoms with Crippen LogP contribution in [0.3, 0.4) is 0 Å². The molecule has 1 heterocycles. The molecular formula is C18H15ClN6O3. The molecule has 0 saturated heterocycles. The number of nitrogens with one attached hydrogen (secondary N) is 3. The molecule has 3 aromatic rings. The highest BCUT2D eigenvalue weighted by Crippen LogP contribution is 2.31. The van der Waals surface area contributed by atoms with Crippen LogP contribution in [0.4, 0.5) is 23.0 Å². The minimum absolute atomic E-state index is 0.0469. The number of amides is 1. The van der Waals surface area contributed by atoms with Crippen molar-refractivity contribution in [1.82, 2.24) is 15.4 Å². The highest BCUT2D eigenvalue weighted by Gasteiger charge is 2.23. The van der Waals surface area contributed by atoms with E-state index in [4.69, 9.17) is 11.6 Å². The number of anilines is 3. The van der Waals surface area contributed by atoms with Gasteiger partial charge in [-0.1, -0.05) is 35.4 Å². The predicted octanol–water partition coefficient (Wildman–Crippen LogP) is 3.85. The number of aromatic nitrogens is 2. The average molecular weight is 399 g/mol. The van der Waals surface area contributed by atoms with Gasteiger partial charge in [-0.25, -0.2) is 9.97 Å². The molecule has 0 fully saturated rings. The minimum Gasteiger partial charge on any atom is -0.334 e. The number of rotatable bonds is 6. The zero-order valence-electron chi connectivity index (χ0n) is 14.6. The molecule has 0 aliphatic rings. The molecule has 0 radical (unpaired) electrons. The molecule has 0 atom stereocenters. The van der Waals surface area contributed by atoms with E-state index >= 15 is 0 Å². The van der Waals surface area contributed by atoms with Gasteiger partial charge in [0.05, 0.1) is 4.92 Å². The number of halogens is 1. The van der Waals surface area contributed by atoms with Crippen LogP contribution >= 0.6 is 11.6 Å². The van der Waals surface area contributed by atoms with E-state index in [0.29, 0.717) is 16.3 Å². The fourth-order valence-electron chi connectivity index (χ4n) is 2.33. The Labute approximate surface area is 164 Å². The number of carbonyl (C=O) groups excluding carboxylic acids is 1. The van der Waals surface area contributed by atoms with E-state index in [-0.39, 0.29) is 11.6 Å². The lowest BCUT2D eigenvalue weighted by molar-refractivity contribution is -0.383. The van der Waals surface area contributed by atoms with Gasteiger partial charge in [-0.05, 0) is 37.3 Å². The summed E-state index contributed by atoms with van der Waals surface area (Å²) in [6.07, 6.45) is 1.14. The van der Waals surface area contributed by atoms with Crippen molar-refractivity contribution in [3.05, 3.63) is 81.1 Å². The van der Waals surface area contributed by atoms with E-state index < -0.39 is 16.5 Å². The first kappa shape index (κ1) is 19.1. The molecule has 0 saturated carbocycles. The fraction of sp³-hybridized carbons (Fsp3) is 0.0556. The second-order valence-corrected chi connectivity index (χ2v) is 6.19. The number of nitro groups is 1. The third-order valence-electron chi connectivity index (χ3n) is 3.70. The number of hydrogen-bond donors (Lipinski definition) is 3. The first-order chi connectivity index (χ1) is 13.4. The predicted molar refractivity (Wildman–Crippen MR) is 106 cm³/mol. The van der Waals surface area contributed by atoms with Crippen LogP contribution in [-0.4, -0.2) is 20.8 Å². The van der Waals surface area contributed by atoms with Gasteiger partial charge in [0.25, 0.3) is 5.91 Å². The second-order valence-electron chi connectivity index (χ2n) is 5.76. The number of hydrazine groups is 1. The van der Waals surface area contributed by atoms with E-state index in [0.717, 1.165) is 11.9 Å². The Morgan fingerprint density at radius 1 is 1.11 bits per heavy atom. The topological polar surface area (TPSA) is 122 Å². The molecule has 0 aliphatic carbocycles. The molecule has 1 aromatic heterocycles. The van der Waals surface area contributed by atoms with Crippen molar-refractivity contribution in [1.29, 1.82) is 0 Å². The summed E-state index contributed by atoms with van der Waals surface area (Å²) in [4.78, 5) is 30.9. The summed E-state index contributed by atoms with van der Waals surface area (Å²) in [7, 11) is 0. The Hall–Kier alpha value is -3.72. The molecule has 0 unspecified atom stereocenters. The molecule has 1 amide bonds. The summed E-state index contributed by atoms with van der Waals surface area (Å²) in [5, 5.41) is 14.9. The molecule has 3 N–H and O–H groups in total. The molecule has 2 aromatic carbocycles. The molecule has 28 heavy (non-hydrogen) atoms. The molecule has 0 spiro atoms. The van der Waals surface area contributed by atoms with Crippen LogP contribution < -0.4 is 16.2 Å². The van der Waals surface area contributed by atoms with Crippen molar-refractivity contribution < 1.29 is 9.72 Å². The lowest BCUT2D eigenvalue weighted by Crippen LogP contribution is -2.30. The monoisotopic (exact) mass is 398 g/mol. The summed E-state index contributed by atoms with van der Waals surface area (Å²) < 4.78 is 0. The molecular weight excluding hydrogens is 384 g/mol. The Morgan fingerprint density at radius 3 is 2.50 bits per heavy atom. The number of nitrogens with zero attached hydrogens (tertiary/aromatic N) is 3. The van der Waals surface area contributed by atoms with Gasteiger partial charge >= 0.3 is 5.69 Å². The van der Waals surface area contributed by atoms with Gasteiger partial charge < -0.3 is 5.32 Å². The molecule has 3 rings (SSSR count). The van der Waals surface area contributed by atoms with Crippen LogP contribution in [-0.2, 0) is 0 Å². The van der Waals surface area contributed by atoms with Gasteiger partial charge in [-0.2, -0.15) is 0 Å². The van der Waals surface area contributed by atoms with Gasteiger partial charge in [0, 0.05) is 16.3 Å². The van der Waals surface area contributed by atoms with E-state index in [1.165, 1.54) is 0 Å². The molecule has 142 valence electrons. The lowest BCUT2D eigenvalue weighted by atomic mass is 10.1. The van der Waals surface area contributed by atoms with Gasteiger partial charge in [-0.15, -0.1) is 0 Å². The first-order valence-electron chi connectivity index (χ1n) is 8.09. The zero-order chi connectivity index (χ0) is 20.1. The third kappa shape index (κ3) is 4.51. The van der Waals surface area contributed by atoms with Crippen molar-refractivity contribution >= 4 is 40.5 Å². The van der Waals surface area contributed by atoms with Crippen LogP contribution in [0.25, 0.3) is 0 Å². The van der Waals surface area contributed by atoms with Gasteiger partial charge in [0.2, 0.25) is 11.6 Å². The Kier molecular flexibility index (Phi) is 5.66. The molecule has 9 nitrogen and oxygen atoms in total. The first-order valence-corrected chi connectivity index (χ1v) is 8.47. The Morgan fingerprint density at radius 2 is 1.82 bits per heavy atom. The molecule has 0 aliphatic heterocycles. The number of benzene rings is 2. The third-order valence-corrected chi connectivity index (χ3v) is 3.94. The lowest BCUT2D eigenvalue weighted by Gasteiger charge is -2.11. The number of carbonyl (C=O) groups is 1. The highest BCUT2D eigenvalue weighted by atomic mass is 35.5. The fourth-order valence-corrected chi connectivity index (χ4v) is 2.52. The standard InChI is InChI=1S/C18H15ClN6O3/c1-11-5-7-12(8-6-11)18(26)24-23-17-15(25(27)28)16(20-10-21-17)22-14-4-2-3-13(19)9-14/h2-10H,1H3,(H,24,26)(H2,20,21,22,23). The van der Waals surface area contributed by atoms with Crippen LogP contribution in [0.2, 0.25) is 5.02 Å². The van der Waals surface area contributed by atoms with Gasteiger partial charge in [0.15, 0.2) is 0 Å². The van der Waals surface area contributed by atoms with Gasteiger partial charge in [-0.3, -0.25) is 25.8 Å². The van der Waals surface area contributed by atoms with Crippen molar-refractivity contribution in [2.24, 2.45) is 0 Å². The van der Waals surface area contributed by atoms with Crippen LogP contribution in [0.1, 0.15) is 15.9 Å². The summed E-state index contributed by atoms with van der Waals surface area (Å²) >= 11 is 5.93. The van der Waals surface area contributed by atoms with Crippen LogP contribution in [0.5, 0.6) is 0 Å². The Bertz CT molecular complexity index is 1030. The zero-order valence-corrected chi connectivity index (χ0v) is 15.4. The van der Waals surface area contributed by atoms with Crippen molar-refractivity contribution in [3.8, 4) is 0 Å². The maximum atomic E-state index is 12.2. The number of hydrogen-bond acceptors (Lipinski definition) is 7. The van der Waals surface area contributed by atoms with Crippen LogP contribution in [0, 0.1) is 17.0 Å². The SMILES string of the molecule is Cc1ccc(C(=O)NNc2ncnc(Nc3cccc(Cl)c3)c2[N+](=O)[O-])cc1. The summed E-state index contributed by atoms with van der Waals surface area (Å²) in [5.74, 6) is -0.670. The maximum Gasteiger partial charge on any atom is 0.355 e.